The lowest BCUT2D eigenvalue weighted by molar-refractivity contribution is 0.545. The van der Waals surface area contributed by atoms with Crippen molar-refractivity contribution in [3.63, 3.8) is 0 Å². The Kier molecular flexibility index (Phi) is 22.8. The van der Waals surface area contributed by atoms with Crippen LogP contribution in [-0.4, -0.2) is 5.88 Å². The maximum absolute atomic E-state index is 5.57. The third-order valence-corrected chi connectivity index (χ3v) is 3.66. The average molecular weight is 290 g/mol. The van der Waals surface area contributed by atoms with Crippen LogP contribution in [0.5, 0.6) is 0 Å². The zero-order chi connectivity index (χ0) is 13.3. The van der Waals surface area contributed by atoms with Crippen molar-refractivity contribution in [2.24, 2.45) is 0 Å². The monoisotopic (exact) mass is 289 g/mol. The quantitative estimate of drug-likeness (QED) is 0.208. The molecule has 0 radical (unpaired) electrons. The van der Waals surface area contributed by atoms with Gasteiger partial charge in [0, 0.05) is 5.88 Å². The summed E-state index contributed by atoms with van der Waals surface area (Å²) in [6.45, 7) is 2.28. The summed E-state index contributed by atoms with van der Waals surface area (Å²) in [6.07, 6.45) is 22.6. The van der Waals surface area contributed by atoms with Crippen LogP contribution < -0.4 is 6.15 Å². The van der Waals surface area contributed by atoms with Gasteiger partial charge in [-0.3, -0.25) is 0 Å². The maximum atomic E-state index is 5.57. The normalized spacial score (nSPS) is 10.8. The summed E-state index contributed by atoms with van der Waals surface area (Å²) in [4.78, 5) is 0. The molecule has 2 heteroatoms. The zero-order valence-corrected chi connectivity index (χ0v) is 13.9. The molecule has 0 aliphatic rings. The van der Waals surface area contributed by atoms with Crippen molar-refractivity contribution >= 4 is 11.6 Å². The van der Waals surface area contributed by atoms with Crippen LogP contribution in [0.3, 0.4) is 0 Å². The van der Waals surface area contributed by atoms with E-state index >= 15 is 0 Å². The maximum Gasteiger partial charge on any atom is 0.0404 e. The molecule has 0 atom stereocenters. The molecule has 0 aliphatic heterocycles. The Morgan fingerprint density at radius 1 is 0.632 bits per heavy atom. The van der Waals surface area contributed by atoms with Crippen LogP contribution in [0.4, 0.5) is 0 Å². The van der Waals surface area contributed by atoms with Gasteiger partial charge >= 0.3 is 0 Å². The Bertz CT molecular complexity index is 169. The van der Waals surface area contributed by atoms with Gasteiger partial charge in [0.1, 0.15) is 0 Å². The van der Waals surface area contributed by atoms with Crippen LogP contribution in [0.1, 0.15) is 90.4 Å². The molecule has 0 spiro atoms. The number of rotatable bonds is 14. The Morgan fingerprint density at radius 2 is 1.05 bits per heavy atom. The van der Waals surface area contributed by atoms with E-state index in [2.05, 4.69) is 19.1 Å². The molecule has 1 nitrogen and oxygen atoms in total. The summed E-state index contributed by atoms with van der Waals surface area (Å²) in [5.74, 6) is 0.665. The number of unbranched alkanes of at least 4 members (excludes halogenated alkanes) is 12. The lowest BCUT2D eigenvalue weighted by Gasteiger charge is -2.02. The first-order valence-electron chi connectivity index (χ1n) is 8.12. The van der Waals surface area contributed by atoms with E-state index in [0.29, 0.717) is 5.88 Å². The highest BCUT2D eigenvalue weighted by molar-refractivity contribution is 6.18. The van der Waals surface area contributed by atoms with Gasteiger partial charge in [0.2, 0.25) is 0 Å². The van der Waals surface area contributed by atoms with Crippen LogP contribution >= 0.6 is 11.6 Å². The number of hydrogen-bond acceptors (Lipinski definition) is 1. The third kappa shape index (κ3) is 20.5. The van der Waals surface area contributed by atoms with Crippen molar-refractivity contribution in [3.8, 4) is 0 Å². The summed E-state index contributed by atoms with van der Waals surface area (Å²) >= 11 is 5.57. The van der Waals surface area contributed by atoms with Crippen LogP contribution in [0.15, 0.2) is 12.2 Å². The minimum absolute atomic E-state index is 0. The molecule has 0 bridgehead atoms. The van der Waals surface area contributed by atoms with E-state index in [9.17, 15) is 0 Å². The summed E-state index contributed by atoms with van der Waals surface area (Å²) < 4.78 is 0. The second-order valence-electron chi connectivity index (χ2n) is 5.30. The van der Waals surface area contributed by atoms with Gasteiger partial charge in [0.15, 0.2) is 0 Å². The third-order valence-electron chi connectivity index (χ3n) is 3.48. The van der Waals surface area contributed by atoms with Crippen molar-refractivity contribution < 1.29 is 0 Å². The van der Waals surface area contributed by atoms with E-state index < -0.39 is 0 Å². The lowest BCUT2D eigenvalue weighted by atomic mass is 10.0. The fourth-order valence-electron chi connectivity index (χ4n) is 2.28. The molecule has 0 unspecified atom stereocenters. The number of alkyl halides is 1. The fraction of sp³-hybridized carbons (Fsp3) is 0.882. The molecule has 0 rings (SSSR count). The van der Waals surface area contributed by atoms with Crippen LogP contribution in [0, 0.1) is 0 Å². The van der Waals surface area contributed by atoms with Crippen LogP contribution in [0.25, 0.3) is 0 Å². The first-order valence-corrected chi connectivity index (χ1v) is 8.66. The molecule has 0 fully saturated rings. The molecule has 0 aromatic carbocycles. The summed E-state index contributed by atoms with van der Waals surface area (Å²) in [6, 6.07) is 0. The van der Waals surface area contributed by atoms with Crippen molar-refractivity contribution in [2.75, 3.05) is 5.88 Å². The van der Waals surface area contributed by atoms with Crippen molar-refractivity contribution in [3.05, 3.63) is 12.2 Å². The molecule has 3 N–H and O–H groups in total. The van der Waals surface area contributed by atoms with Crippen LogP contribution in [0.2, 0.25) is 0 Å². The zero-order valence-electron chi connectivity index (χ0n) is 13.1. The lowest BCUT2D eigenvalue weighted by Crippen LogP contribution is -1.82. The smallest absolute Gasteiger partial charge is 0.0404 e. The highest BCUT2D eigenvalue weighted by atomic mass is 35.5. The highest BCUT2D eigenvalue weighted by Crippen LogP contribution is 2.12. The van der Waals surface area contributed by atoms with Gasteiger partial charge in [0.05, 0.1) is 0 Å². The summed E-state index contributed by atoms with van der Waals surface area (Å²) in [5, 5.41) is 0. The first kappa shape index (κ1) is 21.3. The predicted octanol–water partition coefficient (Wildman–Crippen LogP) is 7.03. The number of halogens is 1. The van der Waals surface area contributed by atoms with E-state index in [1.165, 1.54) is 83.5 Å². The Morgan fingerprint density at radius 3 is 1.47 bits per heavy atom. The summed E-state index contributed by atoms with van der Waals surface area (Å²) in [5.41, 5.74) is 0. The molecule has 0 aliphatic carbocycles. The molecule has 0 aromatic heterocycles. The molecular weight excluding hydrogens is 254 g/mol. The molecule has 0 aromatic rings. The van der Waals surface area contributed by atoms with E-state index in [1.807, 2.05) is 0 Å². The first-order chi connectivity index (χ1) is 8.91. The molecule has 0 amide bonds. The Labute approximate surface area is 126 Å². The van der Waals surface area contributed by atoms with Gasteiger partial charge in [0.25, 0.3) is 0 Å². The van der Waals surface area contributed by atoms with E-state index in [0.717, 1.165) is 0 Å². The van der Waals surface area contributed by atoms with Crippen molar-refractivity contribution in [1.29, 1.82) is 0 Å². The fourth-order valence-corrected chi connectivity index (χ4v) is 2.41. The molecule has 116 valence electrons. The van der Waals surface area contributed by atoms with Crippen molar-refractivity contribution in [1.82, 2.24) is 6.15 Å². The van der Waals surface area contributed by atoms with Gasteiger partial charge in [-0.2, -0.15) is 0 Å². The molecule has 0 saturated carbocycles. The van der Waals surface area contributed by atoms with Gasteiger partial charge < -0.3 is 6.15 Å². The minimum atomic E-state index is 0. The summed E-state index contributed by atoms with van der Waals surface area (Å²) in [7, 11) is 0. The van der Waals surface area contributed by atoms with Crippen molar-refractivity contribution in [2.45, 2.75) is 90.4 Å². The van der Waals surface area contributed by atoms with Gasteiger partial charge in [-0.15, -0.1) is 11.6 Å². The number of allylic oxidation sites excluding steroid dienone is 2. The second-order valence-corrected chi connectivity index (χ2v) is 5.61. The van der Waals surface area contributed by atoms with E-state index in [-0.39, 0.29) is 6.15 Å². The average Bonchev–Trinajstić information content (AvgIpc) is 2.39. The molecule has 19 heavy (non-hydrogen) atoms. The van der Waals surface area contributed by atoms with Gasteiger partial charge in [-0.1, -0.05) is 89.7 Å². The van der Waals surface area contributed by atoms with E-state index in [4.69, 9.17) is 11.6 Å². The van der Waals surface area contributed by atoms with E-state index in [1.54, 1.807) is 0 Å². The topological polar surface area (TPSA) is 35.0 Å². The largest absolute Gasteiger partial charge is 0.344 e. The van der Waals surface area contributed by atoms with Gasteiger partial charge in [-0.25, -0.2) is 0 Å². The standard InChI is InChI=1S/C17H33Cl.H3N/c1-2-3-4-5-6-7-8-9-10-11-12-13-14-15-16-17-18;/h15-16H,2-14,17H2,1H3;1H3. The van der Waals surface area contributed by atoms with Crippen LogP contribution in [-0.2, 0) is 0 Å². The Hall–Kier alpha value is -0.0100. The highest BCUT2D eigenvalue weighted by Gasteiger charge is 1.92. The molecule has 0 heterocycles. The van der Waals surface area contributed by atoms with Gasteiger partial charge in [-0.05, 0) is 12.8 Å². The molecule has 0 saturated heterocycles. The second kappa shape index (κ2) is 20.3. The SMILES string of the molecule is CCCCCCCCCCCCCCC=CCCl.N. The predicted molar refractivity (Wildman–Crippen MR) is 90.6 cm³/mol. The Balaban J connectivity index is 0. The minimum Gasteiger partial charge on any atom is -0.344 e. The number of hydrogen-bond donors (Lipinski definition) is 1. The molecular formula is C17H36ClN.